The number of alkyl halides is 3. The third-order valence-corrected chi connectivity index (χ3v) is 5.08. The van der Waals surface area contributed by atoms with Crippen LogP contribution < -0.4 is 5.32 Å². The molecule has 0 fully saturated rings. The summed E-state index contributed by atoms with van der Waals surface area (Å²) in [6.07, 6.45) is -4.53. The maximum Gasteiger partial charge on any atom is 0.416 e. The Morgan fingerprint density at radius 2 is 2.00 bits per heavy atom. The van der Waals surface area contributed by atoms with Crippen molar-refractivity contribution in [2.24, 2.45) is 0 Å². The SMILES string of the molecule is O=C(NCCOC(=O)c1snnc1-c1cccs1)c1cccc(C(F)(F)F)c1. The number of rotatable bonds is 6. The van der Waals surface area contributed by atoms with Crippen LogP contribution in [0.1, 0.15) is 25.6 Å². The van der Waals surface area contributed by atoms with Gasteiger partial charge in [0.1, 0.15) is 12.3 Å². The molecule has 0 radical (unpaired) electrons. The largest absolute Gasteiger partial charge is 0.460 e. The fourth-order valence-electron chi connectivity index (χ4n) is 2.21. The van der Waals surface area contributed by atoms with Crippen molar-refractivity contribution in [3.8, 4) is 10.6 Å². The Morgan fingerprint density at radius 3 is 2.71 bits per heavy atom. The minimum Gasteiger partial charge on any atom is -0.460 e. The van der Waals surface area contributed by atoms with E-state index in [1.54, 1.807) is 6.07 Å². The lowest BCUT2D eigenvalue weighted by atomic mass is 10.1. The fourth-order valence-corrected chi connectivity index (χ4v) is 3.57. The van der Waals surface area contributed by atoms with Gasteiger partial charge in [0.15, 0.2) is 4.88 Å². The molecule has 0 bridgehead atoms. The summed E-state index contributed by atoms with van der Waals surface area (Å²) >= 11 is 2.30. The Balaban J connectivity index is 1.52. The van der Waals surface area contributed by atoms with Gasteiger partial charge >= 0.3 is 12.1 Å². The standard InChI is InChI=1S/C17H12F3N3O3S2/c18-17(19,20)11-4-1-3-10(9-11)15(24)21-6-7-26-16(25)14-13(22-23-28-14)12-5-2-8-27-12/h1-5,8-9H,6-7H2,(H,21,24). The molecule has 0 aliphatic heterocycles. The highest BCUT2D eigenvalue weighted by Crippen LogP contribution is 2.30. The number of ether oxygens (including phenoxy) is 1. The summed E-state index contributed by atoms with van der Waals surface area (Å²) in [6.45, 7) is -0.202. The third kappa shape index (κ3) is 4.73. The number of hydrogen-bond donors (Lipinski definition) is 1. The molecular weight excluding hydrogens is 415 g/mol. The van der Waals surface area contributed by atoms with Gasteiger partial charge in [0.2, 0.25) is 0 Å². The average Bonchev–Trinajstić information content (AvgIpc) is 3.35. The summed E-state index contributed by atoms with van der Waals surface area (Å²) in [7, 11) is 0. The molecule has 3 rings (SSSR count). The van der Waals surface area contributed by atoms with E-state index in [9.17, 15) is 22.8 Å². The summed E-state index contributed by atoms with van der Waals surface area (Å²) in [5, 5.41) is 8.17. The Labute approximate surface area is 165 Å². The molecule has 1 aromatic carbocycles. The third-order valence-electron chi connectivity index (χ3n) is 3.50. The molecule has 0 saturated heterocycles. The lowest BCUT2D eigenvalue weighted by molar-refractivity contribution is -0.137. The minimum atomic E-state index is -4.53. The molecule has 0 aliphatic carbocycles. The summed E-state index contributed by atoms with van der Waals surface area (Å²) in [5.74, 6) is -1.33. The second-order valence-electron chi connectivity index (χ2n) is 5.40. The predicted molar refractivity (Wildman–Crippen MR) is 97.3 cm³/mol. The van der Waals surface area contributed by atoms with Crippen LogP contribution in [0.25, 0.3) is 10.6 Å². The van der Waals surface area contributed by atoms with E-state index in [4.69, 9.17) is 4.74 Å². The zero-order valence-corrected chi connectivity index (χ0v) is 15.7. The van der Waals surface area contributed by atoms with Crippen molar-refractivity contribution >= 4 is 34.7 Å². The quantitative estimate of drug-likeness (QED) is 0.477. The van der Waals surface area contributed by atoms with Crippen molar-refractivity contribution in [3.05, 3.63) is 57.8 Å². The van der Waals surface area contributed by atoms with Crippen molar-refractivity contribution in [2.75, 3.05) is 13.2 Å². The molecule has 3 aromatic rings. The second kappa shape index (κ2) is 8.48. The number of benzene rings is 1. The lowest BCUT2D eigenvalue weighted by Gasteiger charge is -2.09. The van der Waals surface area contributed by atoms with Gasteiger partial charge in [-0.25, -0.2) is 4.79 Å². The first-order valence-electron chi connectivity index (χ1n) is 7.85. The first kappa shape index (κ1) is 20.0. The second-order valence-corrected chi connectivity index (χ2v) is 7.10. The zero-order valence-electron chi connectivity index (χ0n) is 14.0. The van der Waals surface area contributed by atoms with E-state index in [0.717, 1.165) is 34.6 Å². The average molecular weight is 427 g/mol. The first-order valence-corrected chi connectivity index (χ1v) is 9.50. The summed E-state index contributed by atoms with van der Waals surface area (Å²) in [4.78, 5) is 25.2. The number of carbonyl (C=O) groups is 2. The topological polar surface area (TPSA) is 81.2 Å². The van der Waals surface area contributed by atoms with E-state index in [1.165, 1.54) is 17.4 Å². The number of carbonyl (C=O) groups excluding carboxylic acids is 2. The van der Waals surface area contributed by atoms with Crippen LogP contribution in [0, 0.1) is 0 Å². The molecule has 6 nitrogen and oxygen atoms in total. The molecule has 0 aliphatic rings. The van der Waals surface area contributed by atoms with Crippen molar-refractivity contribution in [1.82, 2.24) is 14.9 Å². The van der Waals surface area contributed by atoms with Crippen LogP contribution in [0.3, 0.4) is 0 Å². The van der Waals surface area contributed by atoms with Gasteiger partial charge in [0.25, 0.3) is 5.91 Å². The van der Waals surface area contributed by atoms with Crippen molar-refractivity contribution < 1.29 is 27.5 Å². The van der Waals surface area contributed by atoms with Crippen molar-refractivity contribution in [3.63, 3.8) is 0 Å². The monoisotopic (exact) mass is 427 g/mol. The molecule has 146 valence electrons. The number of esters is 1. The van der Waals surface area contributed by atoms with Gasteiger partial charge in [-0.2, -0.15) is 13.2 Å². The normalized spacial score (nSPS) is 11.2. The number of halogens is 3. The van der Waals surface area contributed by atoms with E-state index >= 15 is 0 Å². The molecule has 2 heterocycles. The molecule has 2 aromatic heterocycles. The zero-order chi connectivity index (χ0) is 20.1. The molecule has 0 atom stereocenters. The molecule has 1 amide bonds. The van der Waals surface area contributed by atoms with Crippen molar-refractivity contribution in [1.29, 1.82) is 0 Å². The molecule has 28 heavy (non-hydrogen) atoms. The van der Waals surface area contributed by atoms with E-state index in [0.29, 0.717) is 5.69 Å². The van der Waals surface area contributed by atoms with Gasteiger partial charge in [0.05, 0.1) is 17.0 Å². The van der Waals surface area contributed by atoms with Crippen molar-refractivity contribution in [2.45, 2.75) is 6.18 Å². The van der Waals surface area contributed by atoms with Crippen LogP contribution in [-0.2, 0) is 10.9 Å². The number of amides is 1. The predicted octanol–water partition coefficient (Wildman–Crippen LogP) is 3.87. The van der Waals surface area contributed by atoms with Gasteiger partial charge in [-0.3, -0.25) is 4.79 Å². The summed E-state index contributed by atoms with van der Waals surface area (Å²) in [5.41, 5.74) is -0.615. The van der Waals surface area contributed by atoms with Gasteiger partial charge < -0.3 is 10.1 Å². The summed E-state index contributed by atoms with van der Waals surface area (Å²) < 4.78 is 46.9. The lowest BCUT2D eigenvalue weighted by Crippen LogP contribution is -2.28. The van der Waals surface area contributed by atoms with Gasteiger partial charge in [-0.1, -0.05) is 16.6 Å². The highest BCUT2D eigenvalue weighted by molar-refractivity contribution is 7.14. The minimum absolute atomic E-state index is 0.0542. The smallest absolute Gasteiger partial charge is 0.416 e. The molecule has 0 saturated carbocycles. The van der Waals surface area contributed by atoms with E-state index in [2.05, 4.69) is 14.9 Å². The highest BCUT2D eigenvalue weighted by atomic mass is 32.1. The number of hydrogen-bond acceptors (Lipinski definition) is 7. The highest BCUT2D eigenvalue weighted by Gasteiger charge is 2.30. The van der Waals surface area contributed by atoms with Crippen LogP contribution >= 0.6 is 22.9 Å². The molecule has 1 N–H and O–H groups in total. The Bertz CT molecular complexity index is 971. The van der Waals surface area contributed by atoms with E-state index in [-0.39, 0.29) is 23.6 Å². The molecular formula is C17H12F3N3O3S2. The number of thiophene rings is 1. The molecule has 11 heteroatoms. The summed E-state index contributed by atoms with van der Waals surface area (Å²) in [6, 6.07) is 7.68. The first-order chi connectivity index (χ1) is 13.4. The molecule has 0 unspecified atom stereocenters. The van der Waals surface area contributed by atoms with Gasteiger partial charge in [-0.05, 0) is 41.2 Å². The Hall–Kier alpha value is -2.79. The fraction of sp³-hybridized carbons (Fsp3) is 0.176. The van der Waals surface area contributed by atoms with E-state index in [1.807, 2.05) is 11.4 Å². The van der Waals surface area contributed by atoms with Crippen LogP contribution in [0.5, 0.6) is 0 Å². The molecule has 0 spiro atoms. The Kier molecular flexibility index (Phi) is 6.05. The van der Waals surface area contributed by atoms with Crippen LogP contribution in [-0.4, -0.2) is 34.6 Å². The van der Waals surface area contributed by atoms with Gasteiger partial charge in [-0.15, -0.1) is 16.4 Å². The van der Waals surface area contributed by atoms with E-state index < -0.39 is 23.6 Å². The van der Waals surface area contributed by atoms with Crippen LogP contribution in [0.15, 0.2) is 41.8 Å². The maximum absolute atomic E-state index is 12.7. The number of nitrogens with zero attached hydrogens (tertiary/aromatic N) is 2. The van der Waals surface area contributed by atoms with Crippen LogP contribution in [0.4, 0.5) is 13.2 Å². The number of aromatic nitrogens is 2. The van der Waals surface area contributed by atoms with Gasteiger partial charge in [0, 0.05) is 5.56 Å². The van der Waals surface area contributed by atoms with Crippen LogP contribution in [0.2, 0.25) is 0 Å². The number of nitrogens with one attached hydrogen (secondary N) is 1. The maximum atomic E-state index is 12.7. The Morgan fingerprint density at radius 1 is 1.18 bits per heavy atom.